The average molecular weight is 429 g/mol. The molecular formula is C18H19F4N5O3. The molecule has 2 amide bonds. The summed E-state index contributed by atoms with van der Waals surface area (Å²) >= 11 is 0. The zero-order valence-corrected chi connectivity index (χ0v) is 15.9. The van der Waals surface area contributed by atoms with Gasteiger partial charge in [-0.15, -0.1) is 5.10 Å². The highest BCUT2D eigenvalue weighted by molar-refractivity contribution is 5.93. The first kappa shape index (κ1) is 21.5. The van der Waals surface area contributed by atoms with Gasteiger partial charge in [0.15, 0.2) is 5.82 Å². The van der Waals surface area contributed by atoms with Crippen molar-refractivity contribution in [3.63, 3.8) is 0 Å². The van der Waals surface area contributed by atoms with Crippen molar-refractivity contribution in [2.45, 2.75) is 44.8 Å². The minimum Gasteiger partial charge on any atom is -0.491 e. The molecular weight excluding hydrogens is 410 g/mol. The number of hydrogen-bond donors (Lipinski definition) is 2. The number of rotatable bonds is 1. The number of carbonyl (C=O) groups excluding carboxylic acids is 2. The Bertz CT molecular complexity index is 973. The second-order valence-corrected chi connectivity index (χ2v) is 6.88. The van der Waals surface area contributed by atoms with E-state index < -0.39 is 23.9 Å². The number of amides is 2. The van der Waals surface area contributed by atoms with Crippen LogP contribution in [0.5, 0.6) is 5.75 Å². The molecule has 12 heteroatoms. The lowest BCUT2D eigenvalue weighted by Gasteiger charge is -2.25. The molecule has 2 aliphatic heterocycles. The van der Waals surface area contributed by atoms with Gasteiger partial charge in [0.05, 0.1) is 13.0 Å². The van der Waals surface area contributed by atoms with Crippen LogP contribution >= 0.6 is 0 Å². The molecule has 1 unspecified atom stereocenters. The second kappa shape index (κ2) is 8.28. The number of benzene rings is 1. The molecule has 0 spiro atoms. The zero-order valence-electron chi connectivity index (χ0n) is 15.9. The van der Waals surface area contributed by atoms with Crippen LogP contribution in [0.4, 0.5) is 23.2 Å². The summed E-state index contributed by atoms with van der Waals surface area (Å²) in [5.74, 6) is -1.36. The maximum Gasteiger partial charge on any atom is 0.410 e. The number of primary amides is 1. The Morgan fingerprint density at radius 1 is 1.33 bits per heavy atom. The van der Waals surface area contributed by atoms with E-state index in [9.17, 15) is 27.2 Å². The lowest BCUT2D eigenvalue weighted by Crippen LogP contribution is -2.31. The number of nitrogens with one attached hydrogen (secondary N) is 1. The van der Waals surface area contributed by atoms with Gasteiger partial charge >= 0.3 is 6.18 Å². The molecule has 1 aromatic carbocycles. The number of carbonyl (C=O) groups is 2. The molecule has 3 N–H and O–H groups in total. The van der Waals surface area contributed by atoms with Crippen LogP contribution in [-0.4, -0.2) is 39.4 Å². The smallest absolute Gasteiger partial charge is 0.410 e. The van der Waals surface area contributed by atoms with Crippen LogP contribution in [0.25, 0.3) is 0 Å². The van der Waals surface area contributed by atoms with Crippen LogP contribution in [0, 0.1) is 12.7 Å². The van der Waals surface area contributed by atoms with E-state index in [-0.39, 0.29) is 36.1 Å². The molecule has 2 aromatic rings. The van der Waals surface area contributed by atoms with Crippen LogP contribution in [0.15, 0.2) is 12.1 Å². The first-order valence-electron chi connectivity index (χ1n) is 9.11. The van der Waals surface area contributed by atoms with Crippen LogP contribution in [0.1, 0.15) is 47.3 Å². The average Bonchev–Trinajstić information content (AvgIpc) is 2.99. The highest BCUT2D eigenvalue weighted by Crippen LogP contribution is 2.37. The molecule has 0 saturated heterocycles. The van der Waals surface area contributed by atoms with Gasteiger partial charge in [0, 0.05) is 6.42 Å². The van der Waals surface area contributed by atoms with E-state index in [4.69, 9.17) is 10.5 Å². The monoisotopic (exact) mass is 429 g/mol. The van der Waals surface area contributed by atoms with Crippen molar-refractivity contribution < 1.29 is 31.9 Å². The molecule has 4 rings (SSSR count). The SMILES string of the molecule is Cc1cc(F)c2c(c1)OCCC(=O)N2.NC(=O)c1nc2n(n1)C(C(F)(F)F)CCC2. The number of hydrogen-bond acceptors (Lipinski definition) is 5. The van der Waals surface area contributed by atoms with Gasteiger partial charge in [0.2, 0.25) is 11.7 Å². The van der Waals surface area contributed by atoms with Crippen LogP contribution in [-0.2, 0) is 11.2 Å². The van der Waals surface area contributed by atoms with Gasteiger partial charge in [-0.05, 0) is 37.5 Å². The topological polar surface area (TPSA) is 112 Å². The molecule has 2 aliphatic rings. The van der Waals surface area contributed by atoms with Gasteiger partial charge in [0.1, 0.15) is 23.3 Å². The first-order chi connectivity index (χ1) is 14.1. The normalized spacial score (nSPS) is 18.0. The Balaban J connectivity index is 0.000000172. The molecule has 8 nitrogen and oxygen atoms in total. The number of anilines is 1. The van der Waals surface area contributed by atoms with Crippen molar-refractivity contribution >= 4 is 17.5 Å². The van der Waals surface area contributed by atoms with Crippen LogP contribution in [0.2, 0.25) is 0 Å². The summed E-state index contributed by atoms with van der Waals surface area (Å²) in [6.45, 7) is 2.07. The number of fused-ring (bicyclic) bond motifs is 2. The highest BCUT2D eigenvalue weighted by atomic mass is 19.4. The summed E-state index contributed by atoms with van der Waals surface area (Å²) in [4.78, 5) is 25.6. The molecule has 0 bridgehead atoms. The third-order valence-corrected chi connectivity index (χ3v) is 4.52. The van der Waals surface area contributed by atoms with Gasteiger partial charge in [0.25, 0.3) is 5.91 Å². The summed E-state index contributed by atoms with van der Waals surface area (Å²) in [6, 6.07) is 1.38. The molecule has 1 atom stereocenters. The molecule has 1 aromatic heterocycles. The van der Waals surface area contributed by atoms with E-state index in [0.29, 0.717) is 25.2 Å². The molecule has 0 fully saturated rings. The summed E-state index contributed by atoms with van der Waals surface area (Å²) in [7, 11) is 0. The molecule has 0 aliphatic carbocycles. The minimum atomic E-state index is -4.38. The van der Waals surface area contributed by atoms with Crippen molar-refractivity contribution in [1.29, 1.82) is 0 Å². The quantitative estimate of drug-likeness (QED) is 0.677. The van der Waals surface area contributed by atoms with Gasteiger partial charge in [-0.25, -0.2) is 14.1 Å². The Hall–Kier alpha value is -3.18. The van der Waals surface area contributed by atoms with E-state index in [0.717, 1.165) is 10.2 Å². The van der Waals surface area contributed by atoms with E-state index in [1.807, 2.05) is 0 Å². The van der Waals surface area contributed by atoms with Crippen LogP contribution < -0.4 is 15.8 Å². The van der Waals surface area contributed by atoms with E-state index >= 15 is 0 Å². The number of nitrogens with zero attached hydrogens (tertiary/aromatic N) is 3. The van der Waals surface area contributed by atoms with Gasteiger partial charge in [-0.3, -0.25) is 9.59 Å². The van der Waals surface area contributed by atoms with E-state index in [1.165, 1.54) is 6.07 Å². The molecule has 162 valence electrons. The lowest BCUT2D eigenvalue weighted by molar-refractivity contribution is -0.174. The second-order valence-electron chi connectivity index (χ2n) is 6.88. The van der Waals surface area contributed by atoms with Gasteiger partial charge in [-0.1, -0.05) is 0 Å². The van der Waals surface area contributed by atoms with E-state index in [2.05, 4.69) is 15.4 Å². The number of nitrogens with two attached hydrogens (primary N) is 1. The van der Waals surface area contributed by atoms with Crippen molar-refractivity contribution in [1.82, 2.24) is 14.8 Å². The van der Waals surface area contributed by atoms with E-state index in [1.54, 1.807) is 13.0 Å². The highest BCUT2D eigenvalue weighted by Gasteiger charge is 2.44. The van der Waals surface area contributed by atoms with Crippen molar-refractivity contribution in [3.05, 3.63) is 35.2 Å². The van der Waals surface area contributed by atoms with Gasteiger partial charge < -0.3 is 15.8 Å². The molecule has 0 radical (unpaired) electrons. The first-order valence-corrected chi connectivity index (χ1v) is 9.11. The fraction of sp³-hybridized carbons (Fsp3) is 0.444. The Morgan fingerprint density at radius 3 is 2.73 bits per heavy atom. The third-order valence-electron chi connectivity index (χ3n) is 4.52. The maximum atomic E-state index is 13.4. The van der Waals surface area contributed by atoms with Crippen molar-refractivity contribution in [3.8, 4) is 5.75 Å². The fourth-order valence-corrected chi connectivity index (χ4v) is 3.16. The fourth-order valence-electron chi connectivity index (χ4n) is 3.16. The van der Waals surface area contributed by atoms with Crippen molar-refractivity contribution in [2.24, 2.45) is 5.73 Å². The molecule has 0 saturated carbocycles. The number of aryl methyl sites for hydroxylation is 2. The van der Waals surface area contributed by atoms with Gasteiger partial charge in [-0.2, -0.15) is 13.2 Å². The van der Waals surface area contributed by atoms with Crippen molar-refractivity contribution in [2.75, 3.05) is 11.9 Å². The predicted molar refractivity (Wildman–Crippen MR) is 96.4 cm³/mol. The summed E-state index contributed by atoms with van der Waals surface area (Å²) < 4.78 is 57.3. The minimum absolute atomic E-state index is 0.0436. The lowest BCUT2D eigenvalue weighted by atomic mass is 10.1. The molecule has 3 heterocycles. The molecule has 30 heavy (non-hydrogen) atoms. The summed E-state index contributed by atoms with van der Waals surface area (Å²) in [5.41, 5.74) is 5.85. The summed E-state index contributed by atoms with van der Waals surface area (Å²) in [6.07, 6.45) is -3.41. The summed E-state index contributed by atoms with van der Waals surface area (Å²) in [5, 5.41) is 5.99. The Morgan fingerprint density at radius 2 is 2.07 bits per heavy atom. The Labute approximate surface area is 168 Å². The number of ether oxygens (including phenoxy) is 1. The zero-order chi connectivity index (χ0) is 22.1. The number of halogens is 4. The third kappa shape index (κ3) is 4.69. The maximum absolute atomic E-state index is 13.4. The van der Waals surface area contributed by atoms with Crippen LogP contribution in [0.3, 0.4) is 0 Å². The number of alkyl halides is 3. The predicted octanol–water partition coefficient (Wildman–Crippen LogP) is 2.67. The largest absolute Gasteiger partial charge is 0.491 e. The Kier molecular flexibility index (Phi) is 5.94. The number of aromatic nitrogens is 3. The standard InChI is InChI=1S/C10H10FNO2.C8H9F3N4O/c1-6-4-7(11)10-8(5-6)14-3-2-9(13)12-10;9-8(10,11)4-2-1-3-5-13-7(6(12)16)14-15(4)5/h4-5H,2-3H2,1H3,(H,12,13);4H,1-3H2,(H2,12,16).